The second kappa shape index (κ2) is 7.67. The Bertz CT molecular complexity index is 362. The largest absolute Gasteiger partial charge is 0.481 e. The molecule has 1 saturated carbocycles. The Morgan fingerprint density at radius 1 is 1.42 bits per heavy atom. The standard InChI is InChI=1S/C14H22N2O3/c1-3-11(4-2)16-14(19)15-9-10-7-5-6-8-12(10)13(17)18/h1,10-12H,4-9H2,2H3,(H,17,18)(H2,15,16,19). The summed E-state index contributed by atoms with van der Waals surface area (Å²) in [5.74, 6) is 1.39. The Hall–Kier alpha value is -1.70. The van der Waals surface area contributed by atoms with E-state index in [1.807, 2.05) is 6.92 Å². The third-order valence-corrected chi connectivity index (χ3v) is 3.67. The molecule has 0 aromatic heterocycles. The van der Waals surface area contributed by atoms with E-state index >= 15 is 0 Å². The van der Waals surface area contributed by atoms with E-state index in [-0.39, 0.29) is 23.9 Å². The summed E-state index contributed by atoms with van der Waals surface area (Å²) in [7, 11) is 0. The van der Waals surface area contributed by atoms with Crippen molar-refractivity contribution in [3.63, 3.8) is 0 Å². The fraction of sp³-hybridized carbons (Fsp3) is 0.714. The van der Waals surface area contributed by atoms with Gasteiger partial charge in [0.05, 0.1) is 12.0 Å². The number of aliphatic carboxylic acids is 1. The third-order valence-electron chi connectivity index (χ3n) is 3.67. The molecule has 5 heteroatoms. The maximum absolute atomic E-state index is 11.6. The molecular formula is C14H22N2O3. The van der Waals surface area contributed by atoms with E-state index in [4.69, 9.17) is 11.5 Å². The molecule has 1 fully saturated rings. The fourth-order valence-electron chi connectivity index (χ4n) is 2.47. The van der Waals surface area contributed by atoms with E-state index in [2.05, 4.69) is 16.6 Å². The molecule has 0 bridgehead atoms. The van der Waals surface area contributed by atoms with Crippen LogP contribution in [0.2, 0.25) is 0 Å². The van der Waals surface area contributed by atoms with Gasteiger partial charge in [0, 0.05) is 6.54 Å². The Labute approximate surface area is 114 Å². The summed E-state index contributed by atoms with van der Waals surface area (Å²) < 4.78 is 0. The van der Waals surface area contributed by atoms with E-state index in [1.165, 1.54) is 0 Å². The number of rotatable bonds is 5. The predicted octanol–water partition coefficient (Wildman–Crippen LogP) is 1.59. The second-order valence-corrected chi connectivity index (χ2v) is 4.97. The summed E-state index contributed by atoms with van der Waals surface area (Å²) in [5.41, 5.74) is 0. The summed E-state index contributed by atoms with van der Waals surface area (Å²) in [6.45, 7) is 2.29. The van der Waals surface area contributed by atoms with E-state index < -0.39 is 5.97 Å². The Morgan fingerprint density at radius 2 is 2.11 bits per heavy atom. The van der Waals surface area contributed by atoms with Gasteiger partial charge >= 0.3 is 12.0 Å². The maximum atomic E-state index is 11.6. The first-order valence-corrected chi connectivity index (χ1v) is 6.81. The fourth-order valence-corrected chi connectivity index (χ4v) is 2.47. The molecule has 0 radical (unpaired) electrons. The van der Waals surface area contributed by atoms with Crippen molar-refractivity contribution in [2.75, 3.05) is 6.54 Å². The molecule has 0 saturated heterocycles. The van der Waals surface area contributed by atoms with Crippen molar-refractivity contribution in [2.45, 2.75) is 45.1 Å². The molecule has 19 heavy (non-hydrogen) atoms. The number of carboxylic acid groups (broad SMARTS) is 1. The Kier molecular flexibility index (Phi) is 6.20. The number of carbonyl (C=O) groups excluding carboxylic acids is 1. The van der Waals surface area contributed by atoms with Crippen molar-refractivity contribution in [2.24, 2.45) is 11.8 Å². The number of nitrogens with one attached hydrogen (secondary N) is 2. The molecule has 1 aliphatic rings. The number of urea groups is 1. The van der Waals surface area contributed by atoms with Crippen LogP contribution in [0.1, 0.15) is 39.0 Å². The summed E-state index contributed by atoms with van der Waals surface area (Å²) in [5, 5.41) is 14.5. The minimum atomic E-state index is -0.762. The minimum Gasteiger partial charge on any atom is -0.481 e. The molecule has 0 aromatic carbocycles. The third kappa shape index (κ3) is 4.82. The van der Waals surface area contributed by atoms with Crippen LogP contribution in [-0.2, 0) is 4.79 Å². The summed E-state index contributed by atoms with van der Waals surface area (Å²) in [6, 6.07) is -0.596. The van der Waals surface area contributed by atoms with Crippen molar-refractivity contribution in [3.8, 4) is 12.3 Å². The molecular weight excluding hydrogens is 244 g/mol. The highest BCUT2D eigenvalue weighted by Crippen LogP contribution is 2.29. The number of terminal acetylenes is 1. The molecule has 3 unspecified atom stereocenters. The molecule has 0 heterocycles. The summed E-state index contributed by atoms with van der Waals surface area (Å²) in [6.07, 6.45) is 9.46. The second-order valence-electron chi connectivity index (χ2n) is 4.97. The molecule has 0 aliphatic heterocycles. The van der Waals surface area contributed by atoms with Crippen LogP contribution in [0.25, 0.3) is 0 Å². The van der Waals surface area contributed by atoms with Gasteiger partial charge in [0.2, 0.25) is 0 Å². The van der Waals surface area contributed by atoms with Gasteiger partial charge in [0.1, 0.15) is 0 Å². The minimum absolute atomic E-state index is 0.0166. The number of carboxylic acids is 1. The Balaban J connectivity index is 2.40. The number of carbonyl (C=O) groups is 2. The van der Waals surface area contributed by atoms with E-state index in [0.717, 1.165) is 19.3 Å². The SMILES string of the molecule is C#CC(CC)NC(=O)NCC1CCCCC1C(=O)O. The monoisotopic (exact) mass is 266 g/mol. The first kappa shape index (κ1) is 15.4. The molecule has 0 aromatic rings. The van der Waals surface area contributed by atoms with Crippen LogP contribution in [0.15, 0.2) is 0 Å². The average molecular weight is 266 g/mol. The van der Waals surface area contributed by atoms with E-state index in [9.17, 15) is 9.59 Å². The first-order chi connectivity index (χ1) is 9.08. The molecule has 1 aliphatic carbocycles. The number of amides is 2. The summed E-state index contributed by atoms with van der Waals surface area (Å²) in [4.78, 5) is 22.8. The van der Waals surface area contributed by atoms with Crippen LogP contribution in [0, 0.1) is 24.2 Å². The average Bonchev–Trinajstić information content (AvgIpc) is 2.42. The van der Waals surface area contributed by atoms with Crippen molar-refractivity contribution in [3.05, 3.63) is 0 Å². The molecule has 1 rings (SSSR count). The lowest BCUT2D eigenvalue weighted by molar-refractivity contribution is -0.144. The van der Waals surface area contributed by atoms with Crippen LogP contribution in [0.5, 0.6) is 0 Å². The van der Waals surface area contributed by atoms with Crippen LogP contribution in [0.3, 0.4) is 0 Å². The smallest absolute Gasteiger partial charge is 0.315 e. The maximum Gasteiger partial charge on any atom is 0.315 e. The molecule has 5 nitrogen and oxygen atoms in total. The molecule has 3 atom stereocenters. The zero-order chi connectivity index (χ0) is 14.3. The quantitative estimate of drug-likeness (QED) is 0.661. The van der Waals surface area contributed by atoms with Crippen LogP contribution in [-0.4, -0.2) is 29.7 Å². The van der Waals surface area contributed by atoms with Crippen LogP contribution in [0.4, 0.5) is 4.79 Å². The van der Waals surface area contributed by atoms with Crippen molar-refractivity contribution < 1.29 is 14.7 Å². The zero-order valence-electron chi connectivity index (χ0n) is 11.3. The van der Waals surface area contributed by atoms with Crippen molar-refractivity contribution in [1.82, 2.24) is 10.6 Å². The van der Waals surface area contributed by atoms with Gasteiger partial charge in [-0.1, -0.05) is 25.7 Å². The van der Waals surface area contributed by atoms with Gasteiger partial charge in [-0.25, -0.2) is 4.79 Å². The first-order valence-electron chi connectivity index (χ1n) is 6.81. The van der Waals surface area contributed by atoms with Gasteiger partial charge in [-0.15, -0.1) is 6.42 Å². The van der Waals surface area contributed by atoms with Gasteiger partial charge in [-0.3, -0.25) is 4.79 Å². The highest BCUT2D eigenvalue weighted by Gasteiger charge is 2.30. The van der Waals surface area contributed by atoms with Crippen molar-refractivity contribution in [1.29, 1.82) is 0 Å². The highest BCUT2D eigenvalue weighted by molar-refractivity contribution is 5.75. The highest BCUT2D eigenvalue weighted by atomic mass is 16.4. The van der Waals surface area contributed by atoms with Crippen LogP contribution < -0.4 is 10.6 Å². The Morgan fingerprint density at radius 3 is 2.68 bits per heavy atom. The molecule has 106 valence electrons. The topological polar surface area (TPSA) is 78.4 Å². The van der Waals surface area contributed by atoms with Gasteiger partial charge in [-0.05, 0) is 25.2 Å². The van der Waals surface area contributed by atoms with Gasteiger partial charge in [0.15, 0.2) is 0 Å². The molecule has 3 N–H and O–H groups in total. The van der Waals surface area contributed by atoms with Crippen molar-refractivity contribution >= 4 is 12.0 Å². The number of hydrogen-bond donors (Lipinski definition) is 3. The van der Waals surface area contributed by atoms with E-state index in [0.29, 0.717) is 19.4 Å². The van der Waals surface area contributed by atoms with Gasteiger partial charge < -0.3 is 15.7 Å². The van der Waals surface area contributed by atoms with Gasteiger partial charge in [0.25, 0.3) is 0 Å². The normalized spacial score (nSPS) is 24.0. The predicted molar refractivity (Wildman–Crippen MR) is 72.5 cm³/mol. The lowest BCUT2D eigenvalue weighted by Crippen LogP contribution is -2.44. The lowest BCUT2D eigenvalue weighted by atomic mass is 9.79. The molecule has 2 amide bonds. The van der Waals surface area contributed by atoms with Crippen LogP contribution >= 0.6 is 0 Å². The van der Waals surface area contributed by atoms with E-state index in [1.54, 1.807) is 0 Å². The zero-order valence-corrected chi connectivity index (χ0v) is 11.3. The molecule has 0 spiro atoms. The summed E-state index contributed by atoms with van der Waals surface area (Å²) >= 11 is 0. The number of hydrogen-bond acceptors (Lipinski definition) is 2. The van der Waals surface area contributed by atoms with Gasteiger partial charge in [-0.2, -0.15) is 0 Å². The lowest BCUT2D eigenvalue weighted by Gasteiger charge is -2.28.